The second-order valence-corrected chi connectivity index (χ2v) is 5.74. The average Bonchev–Trinajstić information content (AvgIpc) is 2.64. The van der Waals surface area contributed by atoms with Crippen molar-refractivity contribution in [2.75, 3.05) is 0 Å². The van der Waals surface area contributed by atoms with Crippen molar-refractivity contribution >= 4 is 36.0 Å². The van der Waals surface area contributed by atoms with E-state index in [4.69, 9.17) is 9.47 Å². The summed E-state index contributed by atoms with van der Waals surface area (Å²) in [6.07, 6.45) is 5.02. The van der Waals surface area contributed by atoms with E-state index in [9.17, 15) is 19.2 Å². The van der Waals surface area contributed by atoms with Gasteiger partial charge in [0.15, 0.2) is 0 Å². The van der Waals surface area contributed by atoms with Gasteiger partial charge in [-0.15, -0.1) is 0 Å². The van der Waals surface area contributed by atoms with E-state index in [-0.39, 0.29) is 0 Å². The minimum atomic E-state index is -0.855. The molecule has 0 aliphatic carbocycles. The Morgan fingerprint density at radius 1 is 0.690 bits per heavy atom. The third-order valence-electron chi connectivity index (χ3n) is 3.26. The lowest BCUT2D eigenvalue weighted by molar-refractivity contribution is -0.152. The highest BCUT2D eigenvalue weighted by atomic mass is 16.6. The summed E-state index contributed by atoms with van der Waals surface area (Å²) in [6.45, 7) is 2.57. The standard InChI is InChI=1S/C22H18O7/c1-15(23)27-19-7-3-5-17(13-19)9-11-21(25)29-22(26)12-10-18-6-4-8-20(14-18)28-16(2)24/h3-14H,1-2H3. The Hall–Kier alpha value is -4.00. The number of hydrogen-bond acceptors (Lipinski definition) is 7. The Morgan fingerprint density at radius 3 is 1.48 bits per heavy atom. The summed E-state index contributed by atoms with van der Waals surface area (Å²) in [4.78, 5) is 45.5. The quantitative estimate of drug-likeness (QED) is 0.321. The number of carbonyl (C=O) groups is 4. The van der Waals surface area contributed by atoms with Crippen molar-refractivity contribution in [1.29, 1.82) is 0 Å². The number of hydrogen-bond donors (Lipinski definition) is 0. The number of benzene rings is 2. The van der Waals surface area contributed by atoms with Crippen molar-refractivity contribution in [3.8, 4) is 11.5 Å². The summed E-state index contributed by atoms with van der Waals surface area (Å²) in [5.74, 6) is -1.95. The monoisotopic (exact) mass is 394 g/mol. The molecule has 2 aromatic carbocycles. The van der Waals surface area contributed by atoms with Gasteiger partial charge in [-0.25, -0.2) is 9.59 Å². The van der Waals surface area contributed by atoms with Crippen molar-refractivity contribution in [2.45, 2.75) is 13.8 Å². The molecule has 0 spiro atoms. The summed E-state index contributed by atoms with van der Waals surface area (Å²) >= 11 is 0. The average molecular weight is 394 g/mol. The number of esters is 4. The van der Waals surface area contributed by atoms with Gasteiger partial charge in [0, 0.05) is 26.0 Å². The maximum atomic E-state index is 11.8. The molecule has 0 atom stereocenters. The Labute approximate surface area is 167 Å². The summed E-state index contributed by atoms with van der Waals surface area (Å²) in [5, 5.41) is 0. The molecule has 0 aromatic heterocycles. The Balaban J connectivity index is 1.93. The lowest BCUT2D eigenvalue weighted by atomic mass is 10.2. The predicted octanol–water partition coefficient (Wildman–Crippen LogP) is 3.33. The van der Waals surface area contributed by atoms with Crippen molar-refractivity contribution in [3.63, 3.8) is 0 Å². The molecule has 0 saturated heterocycles. The van der Waals surface area contributed by atoms with Crippen LogP contribution in [-0.4, -0.2) is 23.9 Å². The van der Waals surface area contributed by atoms with Crippen LogP contribution in [0.1, 0.15) is 25.0 Å². The van der Waals surface area contributed by atoms with E-state index in [0.29, 0.717) is 22.6 Å². The van der Waals surface area contributed by atoms with Gasteiger partial charge in [0.25, 0.3) is 0 Å². The van der Waals surface area contributed by atoms with Crippen LogP contribution in [0.25, 0.3) is 12.2 Å². The van der Waals surface area contributed by atoms with Crippen LogP contribution in [0.5, 0.6) is 11.5 Å². The van der Waals surface area contributed by atoms with Crippen LogP contribution in [0.3, 0.4) is 0 Å². The smallest absolute Gasteiger partial charge is 0.338 e. The van der Waals surface area contributed by atoms with E-state index < -0.39 is 23.9 Å². The molecule has 7 heteroatoms. The highest BCUT2D eigenvalue weighted by Gasteiger charge is 2.05. The van der Waals surface area contributed by atoms with Gasteiger partial charge >= 0.3 is 23.9 Å². The Kier molecular flexibility index (Phi) is 7.61. The van der Waals surface area contributed by atoms with Gasteiger partial charge in [0.1, 0.15) is 11.5 Å². The SMILES string of the molecule is CC(=O)Oc1cccc(C=CC(=O)OC(=O)C=Cc2cccc(OC(C)=O)c2)c1. The van der Waals surface area contributed by atoms with Crippen LogP contribution >= 0.6 is 0 Å². The molecule has 2 rings (SSSR count). The van der Waals surface area contributed by atoms with Crippen LogP contribution in [0.15, 0.2) is 60.7 Å². The minimum absolute atomic E-state index is 0.336. The molecule has 0 aliphatic rings. The van der Waals surface area contributed by atoms with Gasteiger partial charge in [0.05, 0.1) is 0 Å². The number of carbonyl (C=O) groups excluding carboxylic acids is 4. The zero-order valence-electron chi connectivity index (χ0n) is 15.8. The Morgan fingerprint density at radius 2 is 1.10 bits per heavy atom. The van der Waals surface area contributed by atoms with E-state index >= 15 is 0 Å². The zero-order chi connectivity index (χ0) is 21.2. The first kappa shape index (κ1) is 21.3. The molecular formula is C22H18O7. The first-order chi connectivity index (χ1) is 13.8. The van der Waals surface area contributed by atoms with E-state index in [1.54, 1.807) is 48.5 Å². The molecule has 0 amide bonds. The van der Waals surface area contributed by atoms with E-state index in [0.717, 1.165) is 12.2 Å². The van der Waals surface area contributed by atoms with E-state index in [1.807, 2.05) is 0 Å². The molecule has 2 aromatic rings. The predicted molar refractivity (Wildman–Crippen MR) is 105 cm³/mol. The second-order valence-electron chi connectivity index (χ2n) is 5.74. The normalized spacial score (nSPS) is 10.7. The summed E-state index contributed by atoms with van der Waals surface area (Å²) < 4.78 is 14.6. The van der Waals surface area contributed by atoms with Gasteiger partial charge in [-0.05, 0) is 47.5 Å². The van der Waals surface area contributed by atoms with Gasteiger partial charge < -0.3 is 14.2 Å². The summed E-state index contributed by atoms with van der Waals surface area (Å²) in [5.41, 5.74) is 1.18. The molecule has 29 heavy (non-hydrogen) atoms. The highest BCUT2D eigenvalue weighted by Crippen LogP contribution is 2.16. The molecule has 0 N–H and O–H groups in total. The maximum absolute atomic E-state index is 11.8. The molecule has 148 valence electrons. The maximum Gasteiger partial charge on any atom is 0.338 e. The van der Waals surface area contributed by atoms with Gasteiger partial charge in [-0.2, -0.15) is 0 Å². The largest absolute Gasteiger partial charge is 0.427 e. The van der Waals surface area contributed by atoms with E-state index in [2.05, 4.69) is 4.74 Å². The summed E-state index contributed by atoms with van der Waals surface area (Å²) in [6, 6.07) is 13.0. The van der Waals surface area contributed by atoms with E-state index in [1.165, 1.54) is 26.0 Å². The highest BCUT2D eigenvalue weighted by molar-refractivity contribution is 5.99. The fourth-order valence-corrected chi connectivity index (χ4v) is 2.19. The molecule has 0 unspecified atom stereocenters. The van der Waals surface area contributed by atoms with Crippen LogP contribution in [-0.2, 0) is 23.9 Å². The van der Waals surface area contributed by atoms with Crippen molar-refractivity contribution in [1.82, 2.24) is 0 Å². The molecule has 0 radical (unpaired) electrons. The van der Waals surface area contributed by atoms with Crippen LogP contribution in [0.2, 0.25) is 0 Å². The number of ether oxygens (including phenoxy) is 3. The van der Waals surface area contributed by atoms with Crippen molar-refractivity contribution in [2.24, 2.45) is 0 Å². The van der Waals surface area contributed by atoms with Crippen LogP contribution < -0.4 is 9.47 Å². The Bertz CT molecular complexity index is 907. The third kappa shape index (κ3) is 8.04. The van der Waals surface area contributed by atoms with Crippen LogP contribution in [0, 0.1) is 0 Å². The fraction of sp³-hybridized carbons (Fsp3) is 0.0909. The van der Waals surface area contributed by atoms with Gasteiger partial charge in [-0.3, -0.25) is 9.59 Å². The topological polar surface area (TPSA) is 96.0 Å². The zero-order valence-corrected chi connectivity index (χ0v) is 15.8. The van der Waals surface area contributed by atoms with Crippen LogP contribution in [0.4, 0.5) is 0 Å². The second kappa shape index (κ2) is 10.4. The lowest BCUT2D eigenvalue weighted by Gasteiger charge is -2.02. The molecule has 0 saturated carbocycles. The first-order valence-corrected chi connectivity index (χ1v) is 8.51. The first-order valence-electron chi connectivity index (χ1n) is 8.51. The molecule has 0 bridgehead atoms. The van der Waals surface area contributed by atoms with Gasteiger partial charge in [-0.1, -0.05) is 24.3 Å². The minimum Gasteiger partial charge on any atom is -0.427 e. The molecule has 0 aliphatic heterocycles. The third-order valence-corrected chi connectivity index (χ3v) is 3.26. The van der Waals surface area contributed by atoms with Crippen molar-refractivity contribution in [3.05, 3.63) is 71.8 Å². The number of rotatable bonds is 6. The van der Waals surface area contributed by atoms with Gasteiger partial charge in [0.2, 0.25) is 0 Å². The van der Waals surface area contributed by atoms with Crippen molar-refractivity contribution < 1.29 is 33.4 Å². The molecule has 0 heterocycles. The summed E-state index contributed by atoms with van der Waals surface area (Å²) in [7, 11) is 0. The fourth-order valence-electron chi connectivity index (χ4n) is 2.19. The lowest BCUT2D eigenvalue weighted by Crippen LogP contribution is -2.07. The molecule has 7 nitrogen and oxygen atoms in total. The molecule has 0 fully saturated rings. The molecular weight excluding hydrogens is 376 g/mol.